The van der Waals surface area contributed by atoms with Crippen molar-refractivity contribution >= 4 is 6.03 Å². The first-order chi connectivity index (χ1) is 5.24. The van der Waals surface area contributed by atoms with E-state index in [9.17, 15) is 4.79 Å². The number of carbonyl (C=O) groups is 1. The standard InChI is InChI=1S/C7H8N2O2/c1-5-3-2-4-6(5)8-7(10)9-11/h2-4,11H,1H2,(H2,8,9,10). The van der Waals surface area contributed by atoms with Crippen molar-refractivity contribution in [2.24, 2.45) is 0 Å². The van der Waals surface area contributed by atoms with Crippen molar-refractivity contribution < 1.29 is 10.0 Å². The third kappa shape index (κ3) is 1.68. The molecule has 0 aromatic heterocycles. The highest BCUT2D eigenvalue weighted by molar-refractivity contribution is 5.76. The number of rotatable bonds is 1. The molecule has 1 rings (SSSR count). The molecule has 4 nitrogen and oxygen atoms in total. The maximum atomic E-state index is 10.5. The summed E-state index contributed by atoms with van der Waals surface area (Å²) < 4.78 is 0. The number of amides is 2. The largest absolute Gasteiger partial charge is 0.342 e. The van der Waals surface area contributed by atoms with E-state index in [0.717, 1.165) is 0 Å². The Hall–Kier alpha value is -1.55. The van der Waals surface area contributed by atoms with Gasteiger partial charge in [0.15, 0.2) is 0 Å². The van der Waals surface area contributed by atoms with Crippen LogP contribution in [0.25, 0.3) is 0 Å². The van der Waals surface area contributed by atoms with Gasteiger partial charge in [-0.05, 0) is 11.6 Å². The van der Waals surface area contributed by atoms with Crippen LogP contribution in [0.2, 0.25) is 0 Å². The van der Waals surface area contributed by atoms with E-state index in [-0.39, 0.29) is 0 Å². The number of allylic oxidation sites excluding steroid dienone is 3. The molecule has 0 saturated carbocycles. The van der Waals surface area contributed by atoms with Crippen LogP contribution < -0.4 is 10.8 Å². The first-order valence-corrected chi connectivity index (χ1v) is 3.03. The second kappa shape index (κ2) is 3.03. The molecule has 0 aliphatic heterocycles. The van der Waals surface area contributed by atoms with E-state index in [1.165, 1.54) is 5.48 Å². The number of hydrogen-bond donors (Lipinski definition) is 3. The average molecular weight is 152 g/mol. The Kier molecular flexibility index (Phi) is 2.08. The van der Waals surface area contributed by atoms with Crippen LogP contribution >= 0.6 is 0 Å². The molecule has 4 heteroatoms. The predicted molar refractivity (Wildman–Crippen MR) is 39.8 cm³/mol. The van der Waals surface area contributed by atoms with Gasteiger partial charge in [-0.15, -0.1) is 0 Å². The summed E-state index contributed by atoms with van der Waals surface area (Å²) >= 11 is 0. The van der Waals surface area contributed by atoms with Gasteiger partial charge in [-0.25, -0.2) is 10.3 Å². The van der Waals surface area contributed by atoms with Gasteiger partial charge in [0.25, 0.3) is 0 Å². The highest BCUT2D eigenvalue weighted by Gasteiger charge is 2.06. The maximum absolute atomic E-state index is 10.5. The maximum Gasteiger partial charge on any atom is 0.342 e. The molecule has 0 atom stereocenters. The average Bonchev–Trinajstić information content (AvgIpc) is 2.37. The van der Waals surface area contributed by atoms with E-state index < -0.39 is 6.03 Å². The minimum atomic E-state index is -0.666. The lowest BCUT2D eigenvalue weighted by Gasteiger charge is -2.04. The topological polar surface area (TPSA) is 61.4 Å². The van der Waals surface area contributed by atoms with Crippen molar-refractivity contribution in [1.82, 2.24) is 10.8 Å². The molecule has 1 aliphatic rings. The van der Waals surface area contributed by atoms with E-state index in [1.54, 1.807) is 18.2 Å². The lowest BCUT2D eigenvalue weighted by Crippen LogP contribution is -2.32. The smallest absolute Gasteiger partial charge is 0.306 e. The van der Waals surface area contributed by atoms with Crippen molar-refractivity contribution in [3.05, 3.63) is 36.1 Å². The SMILES string of the molecule is C=C1C=CC=C1NC(=O)NO. The second-order valence-electron chi connectivity index (χ2n) is 2.03. The Morgan fingerprint density at radius 2 is 2.36 bits per heavy atom. The van der Waals surface area contributed by atoms with Gasteiger partial charge in [0.1, 0.15) is 0 Å². The van der Waals surface area contributed by atoms with Crippen LogP contribution in [-0.4, -0.2) is 11.2 Å². The molecular formula is C7H8N2O2. The van der Waals surface area contributed by atoms with Gasteiger partial charge < -0.3 is 5.32 Å². The molecule has 0 radical (unpaired) electrons. The molecule has 11 heavy (non-hydrogen) atoms. The van der Waals surface area contributed by atoms with Crippen LogP contribution in [0.1, 0.15) is 0 Å². The molecule has 58 valence electrons. The Morgan fingerprint density at radius 3 is 2.82 bits per heavy atom. The summed E-state index contributed by atoms with van der Waals surface area (Å²) in [5, 5.41) is 10.5. The summed E-state index contributed by atoms with van der Waals surface area (Å²) in [7, 11) is 0. The van der Waals surface area contributed by atoms with E-state index in [2.05, 4.69) is 11.9 Å². The minimum Gasteiger partial charge on any atom is -0.306 e. The molecule has 0 bridgehead atoms. The summed E-state index contributed by atoms with van der Waals surface area (Å²) in [6, 6.07) is -0.666. The third-order valence-corrected chi connectivity index (χ3v) is 1.26. The van der Waals surface area contributed by atoms with Crippen molar-refractivity contribution in [1.29, 1.82) is 0 Å². The Bertz CT molecular complexity index is 253. The van der Waals surface area contributed by atoms with Gasteiger partial charge in [0.05, 0.1) is 0 Å². The zero-order chi connectivity index (χ0) is 8.27. The van der Waals surface area contributed by atoms with Crippen molar-refractivity contribution in [2.75, 3.05) is 0 Å². The molecule has 1 aliphatic carbocycles. The monoisotopic (exact) mass is 152 g/mol. The fourth-order valence-electron chi connectivity index (χ4n) is 0.730. The highest BCUT2D eigenvalue weighted by atomic mass is 16.5. The van der Waals surface area contributed by atoms with E-state index >= 15 is 0 Å². The first kappa shape index (κ1) is 7.56. The molecule has 0 heterocycles. The van der Waals surface area contributed by atoms with Crippen LogP contribution in [0.15, 0.2) is 36.1 Å². The molecule has 0 unspecified atom stereocenters. The summed E-state index contributed by atoms with van der Waals surface area (Å²) in [4.78, 5) is 10.5. The van der Waals surface area contributed by atoms with Crippen LogP contribution in [-0.2, 0) is 0 Å². The molecule has 0 aromatic rings. The molecule has 0 saturated heterocycles. The Morgan fingerprint density at radius 1 is 1.64 bits per heavy atom. The van der Waals surface area contributed by atoms with Gasteiger partial charge in [0, 0.05) is 5.70 Å². The molecule has 0 fully saturated rings. The lowest BCUT2D eigenvalue weighted by atomic mass is 10.3. The van der Waals surface area contributed by atoms with Crippen molar-refractivity contribution in [3.8, 4) is 0 Å². The summed E-state index contributed by atoms with van der Waals surface area (Å²) in [5.41, 5.74) is 2.76. The van der Waals surface area contributed by atoms with Crippen molar-refractivity contribution in [2.45, 2.75) is 0 Å². The predicted octanol–water partition coefficient (Wildman–Crippen LogP) is 0.685. The normalized spacial score (nSPS) is 14.6. The van der Waals surface area contributed by atoms with Crippen LogP contribution in [0.5, 0.6) is 0 Å². The molecule has 0 aromatic carbocycles. The van der Waals surface area contributed by atoms with E-state index in [4.69, 9.17) is 5.21 Å². The highest BCUT2D eigenvalue weighted by Crippen LogP contribution is 2.12. The summed E-state index contributed by atoms with van der Waals surface area (Å²) in [6.07, 6.45) is 5.21. The van der Waals surface area contributed by atoms with Gasteiger partial charge in [-0.2, -0.15) is 0 Å². The fraction of sp³-hybridized carbons (Fsp3) is 0. The summed E-state index contributed by atoms with van der Waals surface area (Å²) in [5.74, 6) is 0. The number of hydrogen-bond acceptors (Lipinski definition) is 2. The van der Waals surface area contributed by atoms with Gasteiger partial charge >= 0.3 is 6.03 Å². The minimum absolute atomic E-state index is 0.594. The van der Waals surface area contributed by atoms with Crippen molar-refractivity contribution in [3.63, 3.8) is 0 Å². The molecule has 2 amide bonds. The number of hydroxylamine groups is 1. The van der Waals surface area contributed by atoms with Crippen LogP contribution in [0.3, 0.4) is 0 Å². The lowest BCUT2D eigenvalue weighted by molar-refractivity contribution is 0.164. The summed E-state index contributed by atoms with van der Waals surface area (Å²) in [6.45, 7) is 3.64. The zero-order valence-corrected chi connectivity index (χ0v) is 5.79. The second-order valence-corrected chi connectivity index (χ2v) is 2.03. The molecule has 0 spiro atoms. The van der Waals surface area contributed by atoms with Gasteiger partial charge in [0.2, 0.25) is 0 Å². The molecular weight excluding hydrogens is 144 g/mol. The first-order valence-electron chi connectivity index (χ1n) is 3.03. The quantitative estimate of drug-likeness (QED) is 0.382. The van der Waals surface area contributed by atoms with Crippen LogP contribution in [0, 0.1) is 0 Å². The number of nitrogens with one attached hydrogen (secondary N) is 2. The van der Waals surface area contributed by atoms with E-state index in [0.29, 0.717) is 11.3 Å². The van der Waals surface area contributed by atoms with Gasteiger partial charge in [-0.3, -0.25) is 5.21 Å². The zero-order valence-electron chi connectivity index (χ0n) is 5.79. The van der Waals surface area contributed by atoms with Gasteiger partial charge in [-0.1, -0.05) is 18.7 Å². The fourth-order valence-corrected chi connectivity index (χ4v) is 0.730. The van der Waals surface area contributed by atoms with Crippen LogP contribution in [0.4, 0.5) is 4.79 Å². The molecule has 3 N–H and O–H groups in total. The Labute approximate surface area is 63.9 Å². The third-order valence-electron chi connectivity index (χ3n) is 1.26. The number of carbonyl (C=O) groups excluding carboxylic acids is 1. The van der Waals surface area contributed by atoms with E-state index in [1.807, 2.05) is 0 Å². The Balaban J connectivity index is 2.52. The number of urea groups is 1.